The summed E-state index contributed by atoms with van der Waals surface area (Å²) in [4.78, 5) is 10.6. The number of aliphatic carboxylic acids is 1. The Labute approximate surface area is 91.3 Å². The second-order valence-corrected chi connectivity index (χ2v) is 3.87. The Morgan fingerprint density at radius 3 is 2.93 bits per heavy atom. The van der Waals surface area contributed by atoms with Crippen LogP contribution in [0.2, 0.25) is 5.02 Å². The number of hydrogen-bond donors (Lipinski definition) is 1. The predicted octanol–water partition coefficient (Wildman–Crippen LogP) is 3.02. The Morgan fingerprint density at radius 2 is 2.27 bits per heavy atom. The lowest BCUT2D eigenvalue weighted by Gasteiger charge is -1.97. The number of carbonyl (C=O) groups is 1. The van der Waals surface area contributed by atoms with Gasteiger partial charge in [0.1, 0.15) is 5.58 Å². The van der Waals surface area contributed by atoms with E-state index in [4.69, 9.17) is 21.1 Å². The molecule has 2 aromatic rings. The molecule has 4 heteroatoms. The van der Waals surface area contributed by atoms with Crippen LogP contribution in [0.1, 0.15) is 11.1 Å². The van der Waals surface area contributed by atoms with E-state index in [1.54, 1.807) is 12.1 Å². The van der Waals surface area contributed by atoms with Crippen LogP contribution in [0.4, 0.5) is 0 Å². The van der Waals surface area contributed by atoms with Crippen molar-refractivity contribution in [3.05, 3.63) is 34.5 Å². The predicted molar refractivity (Wildman–Crippen MR) is 57.3 cm³/mol. The molecule has 1 heterocycles. The molecule has 0 spiro atoms. The van der Waals surface area contributed by atoms with Crippen LogP contribution in [0.25, 0.3) is 11.0 Å². The van der Waals surface area contributed by atoms with Gasteiger partial charge in [-0.3, -0.25) is 4.79 Å². The number of carboxylic acids is 1. The van der Waals surface area contributed by atoms with Crippen LogP contribution in [0.5, 0.6) is 0 Å². The van der Waals surface area contributed by atoms with Gasteiger partial charge in [0.15, 0.2) is 0 Å². The smallest absolute Gasteiger partial charge is 0.307 e. The van der Waals surface area contributed by atoms with E-state index >= 15 is 0 Å². The average Bonchev–Trinajstić information content (AvgIpc) is 2.48. The molecule has 15 heavy (non-hydrogen) atoms. The summed E-state index contributed by atoms with van der Waals surface area (Å²) in [7, 11) is 0. The molecule has 2 rings (SSSR count). The highest BCUT2D eigenvalue weighted by atomic mass is 35.5. The molecule has 1 N–H and O–H groups in total. The van der Waals surface area contributed by atoms with Crippen LogP contribution in [0.3, 0.4) is 0 Å². The van der Waals surface area contributed by atoms with Gasteiger partial charge in [0.2, 0.25) is 0 Å². The van der Waals surface area contributed by atoms with E-state index in [0.29, 0.717) is 16.2 Å². The Bertz CT molecular complexity index is 528. The first-order valence-electron chi connectivity index (χ1n) is 4.46. The van der Waals surface area contributed by atoms with Crippen molar-refractivity contribution in [3.63, 3.8) is 0 Å². The topological polar surface area (TPSA) is 50.4 Å². The molecule has 0 radical (unpaired) electrons. The minimum absolute atomic E-state index is 0.0488. The molecule has 1 aromatic heterocycles. The van der Waals surface area contributed by atoms with Crippen molar-refractivity contribution in [2.75, 3.05) is 0 Å². The van der Waals surface area contributed by atoms with Crippen molar-refractivity contribution in [3.8, 4) is 0 Å². The highest BCUT2D eigenvalue weighted by Crippen LogP contribution is 2.28. The van der Waals surface area contributed by atoms with Crippen LogP contribution in [0.15, 0.2) is 22.8 Å². The van der Waals surface area contributed by atoms with Gasteiger partial charge in [0, 0.05) is 16.0 Å². The van der Waals surface area contributed by atoms with Gasteiger partial charge in [-0.2, -0.15) is 0 Å². The van der Waals surface area contributed by atoms with E-state index in [2.05, 4.69) is 0 Å². The van der Waals surface area contributed by atoms with Crippen LogP contribution in [0, 0.1) is 6.92 Å². The van der Waals surface area contributed by atoms with E-state index in [1.165, 1.54) is 6.26 Å². The first-order valence-corrected chi connectivity index (χ1v) is 4.83. The van der Waals surface area contributed by atoms with Gasteiger partial charge in [-0.05, 0) is 24.6 Å². The second kappa shape index (κ2) is 3.59. The maximum absolute atomic E-state index is 10.6. The molecule has 0 saturated heterocycles. The molecule has 0 unspecified atom stereocenters. The van der Waals surface area contributed by atoms with Gasteiger partial charge in [-0.15, -0.1) is 0 Å². The van der Waals surface area contributed by atoms with Crippen molar-refractivity contribution in [1.29, 1.82) is 0 Å². The Kier molecular flexibility index (Phi) is 2.40. The summed E-state index contributed by atoms with van der Waals surface area (Å²) in [6.07, 6.45) is 1.43. The summed E-state index contributed by atoms with van der Waals surface area (Å²) >= 11 is 5.90. The molecule has 0 bridgehead atoms. The van der Waals surface area contributed by atoms with Crippen LogP contribution in [-0.2, 0) is 11.2 Å². The van der Waals surface area contributed by atoms with Gasteiger partial charge in [0.05, 0.1) is 12.7 Å². The number of rotatable bonds is 2. The summed E-state index contributed by atoms with van der Waals surface area (Å²) < 4.78 is 5.31. The molecule has 3 nitrogen and oxygen atoms in total. The van der Waals surface area contributed by atoms with Gasteiger partial charge in [0.25, 0.3) is 0 Å². The quantitative estimate of drug-likeness (QED) is 0.853. The molecular formula is C11H9ClO3. The zero-order chi connectivity index (χ0) is 11.0. The number of benzene rings is 1. The van der Waals surface area contributed by atoms with E-state index in [-0.39, 0.29) is 6.42 Å². The lowest BCUT2D eigenvalue weighted by molar-refractivity contribution is -0.136. The molecule has 78 valence electrons. The first-order chi connectivity index (χ1) is 7.08. The fourth-order valence-corrected chi connectivity index (χ4v) is 1.89. The molecule has 0 saturated carbocycles. The Balaban J connectivity index is 2.63. The van der Waals surface area contributed by atoms with Gasteiger partial charge >= 0.3 is 5.97 Å². The number of furan rings is 1. The molecule has 0 amide bonds. The minimum Gasteiger partial charge on any atom is -0.481 e. The summed E-state index contributed by atoms with van der Waals surface area (Å²) in [6.45, 7) is 1.88. The molecule has 0 atom stereocenters. The third-order valence-electron chi connectivity index (χ3n) is 2.25. The lowest BCUT2D eigenvalue weighted by Crippen LogP contribution is -1.98. The molecule has 0 aliphatic carbocycles. The van der Waals surface area contributed by atoms with Crippen molar-refractivity contribution >= 4 is 28.5 Å². The number of hydrogen-bond acceptors (Lipinski definition) is 2. The van der Waals surface area contributed by atoms with Gasteiger partial charge in [-0.1, -0.05) is 11.6 Å². The third-order valence-corrected chi connectivity index (χ3v) is 2.46. The van der Waals surface area contributed by atoms with Crippen molar-refractivity contribution in [2.24, 2.45) is 0 Å². The van der Waals surface area contributed by atoms with E-state index < -0.39 is 5.97 Å². The summed E-state index contributed by atoms with van der Waals surface area (Å²) in [6, 6.07) is 3.52. The maximum atomic E-state index is 10.6. The molecule has 0 aliphatic heterocycles. The van der Waals surface area contributed by atoms with Crippen molar-refractivity contribution in [1.82, 2.24) is 0 Å². The van der Waals surface area contributed by atoms with Crippen LogP contribution < -0.4 is 0 Å². The van der Waals surface area contributed by atoms with E-state index in [0.717, 1.165) is 10.9 Å². The lowest BCUT2D eigenvalue weighted by atomic mass is 10.1. The van der Waals surface area contributed by atoms with Crippen molar-refractivity contribution in [2.45, 2.75) is 13.3 Å². The summed E-state index contributed by atoms with van der Waals surface area (Å²) in [5, 5.41) is 10.1. The number of carboxylic acid groups (broad SMARTS) is 1. The van der Waals surface area contributed by atoms with E-state index in [9.17, 15) is 4.79 Å². The second-order valence-electron chi connectivity index (χ2n) is 3.43. The highest BCUT2D eigenvalue weighted by Gasteiger charge is 2.11. The van der Waals surface area contributed by atoms with Gasteiger partial charge < -0.3 is 9.52 Å². The number of halogens is 1. The van der Waals surface area contributed by atoms with E-state index in [1.807, 2.05) is 6.92 Å². The summed E-state index contributed by atoms with van der Waals surface area (Å²) in [5.74, 6) is -0.879. The summed E-state index contributed by atoms with van der Waals surface area (Å²) in [5.41, 5.74) is 2.27. The van der Waals surface area contributed by atoms with Crippen LogP contribution in [-0.4, -0.2) is 11.1 Å². The van der Waals surface area contributed by atoms with Crippen LogP contribution >= 0.6 is 11.6 Å². The highest BCUT2D eigenvalue weighted by molar-refractivity contribution is 6.31. The number of fused-ring (bicyclic) bond motifs is 1. The zero-order valence-electron chi connectivity index (χ0n) is 8.08. The monoisotopic (exact) mass is 224 g/mol. The fraction of sp³-hybridized carbons (Fsp3) is 0.182. The fourth-order valence-electron chi connectivity index (χ4n) is 1.62. The molecule has 0 fully saturated rings. The normalized spacial score (nSPS) is 10.8. The van der Waals surface area contributed by atoms with Crippen molar-refractivity contribution < 1.29 is 14.3 Å². The Morgan fingerprint density at radius 1 is 1.53 bits per heavy atom. The zero-order valence-corrected chi connectivity index (χ0v) is 8.84. The standard InChI is InChI=1S/C11H9ClO3/c1-6-2-8(12)4-9-7(3-10(13)14)5-15-11(6)9/h2,4-5H,3H2,1H3,(H,13,14). The number of aryl methyl sites for hydroxylation is 1. The molecular weight excluding hydrogens is 216 g/mol. The maximum Gasteiger partial charge on any atom is 0.307 e. The van der Waals surface area contributed by atoms with Gasteiger partial charge in [-0.25, -0.2) is 0 Å². The third kappa shape index (κ3) is 1.83. The minimum atomic E-state index is -0.879. The average molecular weight is 225 g/mol. The Hall–Kier alpha value is -1.48. The first kappa shape index (κ1) is 10.1. The largest absolute Gasteiger partial charge is 0.481 e. The SMILES string of the molecule is Cc1cc(Cl)cc2c(CC(=O)O)coc12. The molecule has 1 aromatic carbocycles. The molecule has 0 aliphatic rings.